The molecule has 0 aliphatic heterocycles. The molecule has 11 heteroatoms. The zero-order valence-electron chi connectivity index (χ0n) is 13.4. The fourth-order valence-corrected chi connectivity index (χ4v) is 5.65. The summed E-state index contributed by atoms with van der Waals surface area (Å²) in [6.07, 6.45) is 0. The first-order valence-corrected chi connectivity index (χ1v) is 11.7. The van der Waals surface area contributed by atoms with E-state index in [2.05, 4.69) is 42.8 Å². The second kappa shape index (κ2) is 9.09. The van der Waals surface area contributed by atoms with E-state index in [1.165, 1.54) is 27.6 Å². The van der Waals surface area contributed by atoms with Crippen LogP contribution in [-0.2, 0) is 10.5 Å². The third kappa shape index (κ3) is 5.36. The van der Waals surface area contributed by atoms with Crippen molar-refractivity contribution >= 4 is 78.6 Å². The van der Waals surface area contributed by atoms with Gasteiger partial charge in [-0.05, 0) is 46.4 Å². The largest absolute Gasteiger partial charge is 0.340 e. The molecule has 3 rings (SSSR count). The average molecular weight is 489 g/mol. The summed E-state index contributed by atoms with van der Waals surface area (Å²) in [4.78, 5) is 26.1. The van der Waals surface area contributed by atoms with Crippen molar-refractivity contribution in [3.05, 3.63) is 43.2 Å². The number of rotatable bonds is 7. The maximum Gasteiger partial charge on any atom is 0.262 e. The first-order valence-electron chi connectivity index (χ1n) is 7.37. The van der Waals surface area contributed by atoms with Crippen LogP contribution in [0.3, 0.4) is 0 Å². The SMILES string of the molecule is CC(NC(=O)c1ccc(Br)s1)C(=O)Nc1nnc(SCc2cccs2)s1. The highest BCUT2D eigenvalue weighted by atomic mass is 79.9. The van der Waals surface area contributed by atoms with Crippen LogP contribution < -0.4 is 10.6 Å². The van der Waals surface area contributed by atoms with Gasteiger partial charge in [0.2, 0.25) is 11.0 Å². The first-order chi connectivity index (χ1) is 12.5. The molecule has 1 unspecified atom stereocenters. The van der Waals surface area contributed by atoms with E-state index in [0.29, 0.717) is 10.0 Å². The second-order valence-corrected chi connectivity index (χ2v) is 10.7. The molecule has 0 fully saturated rings. The molecule has 26 heavy (non-hydrogen) atoms. The van der Waals surface area contributed by atoms with E-state index in [0.717, 1.165) is 13.9 Å². The number of hydrogen-bond acceptors (Lipinski definition) is 8. The van der Waals surface area contributed by atoms with Gasteiger partial charge in [-0.25, -0.2) is 0 Å². The minimum atomic E-state index is -0.686. The Morgan fingerprint density at radius 3 is 2.81 bits per heavy atom. The molecule has 0 bridgehead atoms. The van der Waals surface area contributed by atoms with Crippen LogP contribution in [0.15, 0.2) is 37.8 Å². The number of carbonyl (C=O) groups is 2. The second-order valence-electron chi connectivity index (χ2n) is 5.03. The summed E-state index contributed by atoms with van der Waals surface area (Å²) in [7, 11) is 0. The van der Waals surface area contributed by atoms with Gasteiger partial charge in [0, 0.05) is 10.6 Å². The van der Waals surface area contributed by atoms with Crippen molar-refractivity contribution in [1.82, 2.24) is 15.5 Å². The number of nitrogens with one attached hydrogen (secondary N) is 2. The van der Waals surface area contributed by atoms with E-state index in [9.17, 15) is 9.59 Å². The summed E-state index contributed by atoms with van der Waals surface area (Å²) >= 11 is 9.21. The molecule has 0 spiro atoms. The van der Waals surface area contributed by atoms with Gasteiger partial charge in [0.25, 0.3) is 5.91 Å². The molecule has 3 aromatic heterocycles. The Balaban J connectivity index is 1.50. The predicted molar refractivity (Wildman–Crippen MR) is 111 cm³/mol. The highest BCUT2D eigenvalue weighted by Crippen LogP contribution is 2.29. The summed E-state index contributed by atoms with van der Waals surface area (Å²) in [5.41, 5.74) is 0. The lowest BCUT2D eigenvalue weighted by atomic mass is 10.3. The number of hydrogen-bond donors (Lipinski definition) is 2. The molecule has 0 aliphatic carbocycles. The topological polar surface area (TPSA) is 84.0 Å². The van der Waals surface area contributed by atoms with Gasteiger partial charge in [0.05, 0.1) is 8.66 Å². The van der Waals surface area contributed by atoms with Gasteiger partial charge < -0.3 is 5.32 Å². The molecule has 2 amide bonds. The molecule has 0 saturated carbocycles. The Morgan fingerprint density at radius 1 is 1.27 bits per heavy atom. The van der Waals surface area contributed by atoms with Crippen molar-refractivity contribution in [3.8, 4) is 0 Å². The van der Waals surface area contributed by atoms with Gasteiger partial charge in [-0.2, -0.15) is 0 Å². The molecular weight excluding hydrogens is 476 g/mol. The van der Waals surface area contributed by atoms with Gasteiger partial charge in [0.1, 0.15) is 6.04 Å². The Morgan fingerprint density at radius 2 is 2.12 bits per heavy atom. The molecule has 2 N–H and O–H groups in total. The smallest absolute Gasteiger partial charge is 0.262 e. The Hall–Kier alpha value is -1.27. The van der Waals surface area contributed by atoms with Crippen molar-refractivity contribution in [2.75, 3.05) is 5.32 Å². The number of aromatic nitrogens is 2. The van der Waals surface area contributed by atoms with E-state index >= 15 is 0 Å². The highest BCUT2D eigenvalue weighted by Gasteiger charge is 2.19. The summed E-state index contributed by atoms with van der Waals surface area (Å²) in [6, 6.07) is 6.89. The minimum Gasteiger partial charge on any atom is -0.340 e. The van der Waals surface area contributed by atoms with Crippen LogP contribution >= 0.6 is 61.7 Å². The van der Waals surface area contributed by atoms with Crippen LogP contribution in [0.25, 0.3) is 0 Å². The molecule has 136 valence electrons. The zero-order valence-corrected chi connectivity index (χ0v) is 18.2. The van der Waals surface area contributed by atoms with Gasteiger partial charge in [-0.15, -0.1) is 32.9 Å². The summed E-state index contributed by atoms with van der Waals surface area (Å²) < 4.78 is 1.65. The highest BCUT2D eigenvalue weighted by molar-refractivity contribution is 9.11. The van der Waals surface area contributed by atoms with Crippen LogP contribution in [0, 0.1) is 0 Å². The summed E-state index contributed by atoms with van der Waals surface area (Å²) in [5, 5.41) is 15.9. The summed E-state index contributed by atoms with van der Waals surface area (Å²) in [5.74, 6) is 0.205. The third-order valence-corrected chi connectivity index (χ3v) is 7.79. The standard InChI is InChI=1S/C15H13BrN4O2S4/c1-8(17-13(22)10-4-5-11(16)25-10)12(21)18-14-19-20-15(26-14)24-7-9-3-2-6-23-9/h2-6,8H,7H2,1H3,(H,17,22)(H,18,19,21). The van der Waals surface area contributed by atoms with Crippen molar-refractivity contribution in [3.63, 3.8) is 0 Å². The van der Waals surface area contributed by atoms with E-state index in [-0.39, 0.29) is 11.8 Å². The van der Waals surface area contributed by atoms with Crippen LogP contribution in [0.5, 0.6) is 0 Å². The molecule has 0 aromatic carbocycles. The van der Waals surface area contributed by atoms with E-state index in [1.807, 2.05) is 11.4 Å². The van der Waals surface area contributed by atoms with E-state index in [1.54, 1.807) is 42.2 Å². The molecule has 1 atom stereocenters. The fraction of sp³-hybridized carbons (Fsp3) is 0.200. The van der Waals surface area contributed by atoms with Crippen LogP contribution in [-0.4, -0.2) is 28.1 Å². The maximum absolute atomic E-state index is 12.2. The van der Waals surface area contributed by atoms with Crippen molar-refractivity contribution in [2.45, 2.75) is 23.1 Å². The van der Waals surface area contributed by atoms with E-state index < -0.39 is 6.04 Å². The molecule has 0 radical (unpaired) electrons. The molecule has 0 saturated heterocycles. The quantitative estimate of drug-likeness (QED) is 0.378. The first kappa shape index (κ1) is 19.5. The number of halogens is 1. The van der Waals surface area contributed by atoms with Gasteiger partial charge in [0.15, 0.2) is 4.34 Å². The van der Waals surface area contributed by atoms with Gasteiger partial charge in [-0.3, -0.25) is 14.9 Å². The third-order valence-electron chi connectivity index (χ3n) is 3.09. The number of anilines is 1. The number of carbonyl (C=O) groups excluding carboxylic acids is 2. The number of nitrogens with zero attached hydrogens (tertiary/aromatic N) is 2. The molecule has 3 heterocycles. The molecular formula is C15H13BrN4O2S4. The lowest BCUT2D eigenvalue weighted by Crippen LogP contribution is -2.41. The number of amides is 2. The number of thioether (sulfide) groups is 1. The monoisotopic (exact) mass is 488 g/mol. The van der Waals surface area contributed by atoms with Crippen LogP contribution in [0.2, 0.25) is 0 Å². The van der Waals surface area contributed by atoms with Crippen molar-refractivity contribution < 1.29 is 9.59 Å². The summed E-state index contributed by atoms with van der Waals surface area (Å²) in [6.45, 7) is 1.63. The fourth-order valence-electron chi connectivity index (χ4n) is 1.83. The normalized spacial score (nSPS) is 11.9. The van der Waals surface area contributed by atoms with Crippen LogP contribution in [0.1, 0.15) is 21.5 Å². The maximum atomic E-state index is 12.2. The Bertz CT molecular complexity index is 893. The van der Waals surface area contributed by atoms with Gasteiger partial charge in [-0.1, -0.05) is 29.2 Å². The average Bonchev–Trinajstić information content (AvgIpc) is 3.34. The number of thiophene rings is 2. The van der Waals surface area contributed by atoms with Gasteiger partial charge >= 0.3 is 0 Å². The Labute approximate surface area is 174 Å². The van der Waals surface area contributed by atoms with Crippen LogP contribution in [0.4, 0.5) is 5.13 Å². The predicted octanol–water partition coefficient (Wildman–Crippen LogP) is 4.47. The molecule has 0 aliphatic rings. The zero-order chi connectivity index (χ0) is 18.5. The van der Waals surface area contributed by atoms with Crippen molar-refractivity contribution in [1.29, 1.82) is 0 Å². The van der Waals surface area contributed by atoms with Crippen molar-refractivity contribution in [2.24, 2.45) is 0 Å². The lowest BCUT2D eigenvalue weighted by molar-refractivity contribution is -0.117. The minimum absolute atomic E-state index is 0.284. The molecule has 3 aromatic rings. The Kier molecular flexibility index (Phi) is 6.81. The van der Waals surface area contributed by atoms with E-state index in [4.69, 9.17) is 0 Å². The molecule has 6 nitrogen and oxygen atoms in total. The lowest BCUT2D eigenvalue weighted by Gasteiger charge is -2.11.